The summed E-state index contributed by atoms with van der Waals surface area (Å²) in [5.41, 5.74) is 0. The van der Waals surface area contributed by atoms with Gasteiger partial charge in [-0.05, 0) is 47.1 Å². The number of esters is 1. The topological polar surface area (TPSA) is 46.5 Å². The first-order valence-corrected chi connectivity index (χ1v) is 7.63. The molecule has 3 nitrogen and oxygen atoms in total. The van der Waals surface area contributed by atoms with Crippen LogP contribution < -0.4 is 0 Å². The highest BCUT2D eigenvalue weighted by atomic mass is 79.9. The Morgan fingerprint density at radius 2 is 2.41 bits per heavy atom. The first kappa shape index (κ1) is 15.0. The van der Waals surface area contributed by atoms with Crippen molar-refractivity contribution < 1.29 is 14.6 Å². The fourth-order valence-corrected chi connectivity index (χ4v) is 4.62. The number of carbonyl (C=O) groups excluding carboxylic acids is 1. The van der Waals surface area contributed by atoms with Gasteiger partial charge in [-0.15, -0.1) is 11.3 Å². The van der Waals surface area contributed by atoms with Crippen LogP contribution in [0.5, 0.6) is 0 Å². The molecule has 6 heteroatoms. The van der Waals surface area contributed by atoms with Gasteiger partial charge >= 0.3 is 5.97 Å². The van der Waals surface area contributed by atoms with Gasteiger partial charge in [0.2, 0.25) is 0 Å². The molecule has 0 fully saturated rings. The molecular formula is C11H15BrO3S2. The predicted octanol–water partition coefficient (Wildman–Crippen LogP) is 3.31. The summed E-state index contributed by atoms with van der Waals surface area (Å²) in [5, 5.41) is 10.9. The molecule has 0 saturated heterocycles. The SMILES string of the molecule is COC(=O)C(C)(CCCO)Sc1sccc1Br. The van der Waals surface area contributed by atoms with Crippen molar-refractivity contribution in [1.29, 1.82) is 0 Å². The van der Waals surface area contributed by atoms with E-state index in [0.29, 0.717) is 12.8 Å². The standard InChI is InChI=1S/C11H15BrO3S2/c1-11(5-3-6-13,10(14)15-2)17-9-8(12)4-7-16-9/h4,7,13H,3,5-6H2,1-2H3. The highest BCUT2D eigenvalue weighted by Gasteiger charge is 2.36. The zero-order chi connectivity index (χ0) is 12.9. The molecule has 0 radical (unpaired) electrons. The second kappa shape index (κ2) is 6.78. The molecule has 0 amide bonds. The van der Waals surface area contributed by atoms with Gasteiger partial charge in [-0.3, -0.25) is 4.79 Å². The average molecular weight is 339 g/mol. The fraction of sp³-hybridized carbons (Fsp3) is 0.545. The van der Waals surface area contributed by atoms with E-state index in [0.717, 1.165) is 8.68 Å². The van der Waals surface area contributed by atoms with E-state index in [4.69, 9.17) is 9.84 Å². The molecule has 0 saturated carbocycles. The van der Waals surface area contributed by atoms with E-state index in [2.05, 4.69) is 15.9 Å². The molecule has 1 unspecified atom stereocenters. The van der Waals surface area contributed by atoms with E-state index < -0.39 is 4.75 Å². The molecule has 1 heterocycles. The van der Waals surface area contributed by atoms with Crippen molar-refractivity contribution in [2.45, 2.75) is 28.7 Å². The van der Waals surface area contributed by atoms with E-state index in [9.17, 15) is 4.79 Å². The maximum Gasteiger partial charge on any atom is 0.322 e. The van der Waals surface area contributed by atoms with Crippen LogP contribution in [0.4, 0.5) is 0 Å². The Bertz CT molecular complexity index is 381. The number of rotatable bonds is 6. The number of halogens is 1. The third-order valence-electron chi connectivity index (χ3n) is 2.33. The Balaban J connectivity index is 2.83. The highest BCUT2D eigenvalue weighted by molar-refractivity contribution is 9.10. The number of methoxy groups -OCH3 is 1. The third-order valence-corrected chi connectivity index (χ3v) is 5.99. The molecule has 0 spiro atoms. The van der Waals surface area contributed by atoms with Gasteiger partial charge in [-0.1, -0.05) is 11.8 Å². The van der Waals surface area contributed by atoms with Gasteiger partial charge in [0.05, 0.1) is 11.3 Å². The molecule has 1 aromatic rings. The largest absolute Gasteiger partial charge is 0.468 e. The van der Waals surface area contributed by atoms with Crippen LogP contribution in [0.25, 0.3) is 0 Å². The number of ether oxygens (including phenoxy) is 1. The zero-order valence-corrected chi connectivity index (χ0v) is 13.0. The van der Waals surface area contributed by atoms with Gasteiger partial charge in [0.25, 0.3) is 0 Å². The quantitative estimate of drug-likeness (QED) is 0.638. The summed E-state index contributed by atoms with van der Waals surface area (Å²) in [5.74, 6) is -0.253. The highest BCUT2D eigenvalue weighted by Crippen LogP contribution is 2.43. The van der Waals surface area contributed by atoms with E-state index >= 15 is 0 Å². The normalized spacial score (nSPS) is 14.4. The van der Waals surface area contributed by atoms with Crippen LogP contribution >= 0.6 is 39.0 Å². The number of hydrogen-bond acceptors (Lipinski definition) is 5. The van der Waals surface area contributed by atoms with Crippen molar-refractivity contribution in [2.75, 3.05) is 13.7 Å². The molecule has 1 rings (SSSR count). The van der Waals surface area contributed by atoms with E-state index in [1.807, 2.05) is 18.4 Å². The minimum atomic E-state index is -0.648. The van der Waals surface area contributed by atoms with Crippen molar-refractivity contribution in [1.82, 2.24) is 0 Å². The first-order chi connectivity index (χ1) is 8.03. The predicted molar refractivity (Wildman–Crippen MR) is 74.6 cm³/mol. The molecule has 17 heavy (non-hydrogen) atoms. The number of thiophene rings is 1. The van der Waals surface area contributed by atoms with E-state index in [1.165, 1.54) is 18.9 Å². The van der Waals surface area contributed by atoms with Gasteiger partial charge in [-0.2, -0.15) is 0 Å². The van der Waals surface area contributed by atoms with Crippen molar-refractivity contribution in [3.8, 4) is 0 Å². The third kappa shape index (κ3) is 3.98. The minimum absolute atomic E-state index is 0.0821. The minimum Gasteiger partial charge on any atom is -0.468 e. The molecule has 0 aromatic carbocycles. The van der Waals surface area contributed by atoms with Gasteiger partial charge < -0.3 is 9.84 Å². The zero-order valence-electron chi connectivity index (χ0n) is 9.73. The molecule has 1 atom stereocenters. The Hall–Kier alpha value is -0.0400. The maximum atomic E-state index is 11.8. The molecule has 1 aromatic heterocycles. The summed E-state index contributed by atoms with van der Waals surface area (Å²) in [6.07, 6.45) is 1.17. The maximum absolute atomic E-state index is 11.8. The number of aliphatic hydroxyl groups is 1. The summed E-state index contributed by atoms with van der Waals surface area (Å²) in [6, 6.07) is 1.96. The smallest absolute Gasteiger partial charge is 0.322 e. The van der Waals surface area contributed by atoms with E-state index in [1.54, 1.807) is 11.3 Å². The lowest BCUT2D eigenvalue weighted by Crippen LogP contribution is -2.33. The molecule has 96 valence electrons. The van der Waals surface area contributed by atoms with Crippen LogP contribution in [0.1, 0.15) is 19.8 Å². The number of hydrogen-bond donors (Lipinski definition) is 1. The van der Waals surface area contributed by atoms with Crippen LogP contribution in [-0.4, -0.2) is 29.5 Å². The molecule has 0 aliphatic carbocycles. The van der Waals surface area contributed by atoms with Gasteiger partial charge in [-0.25, -0.2) is 0 Å². The van der Waals surface area contributed by atoms with Gasteiger partial charge in [0.1, 0.15) is 4.75 Å². The van der Waals surface area contributed by atoms with Crippen molar-refractivity contribution in [3.05, 3.63) is 15.9 Å². The number of thioether (sulfide) groups is 1. The van der Waals surface area contributed by atoms with Crippen LogP contribution in [-0.2, 0) is 9.53 Å². The van der Waals surface area contributed by atoms with Crippen LogP contribution in [0, 0.1) is 0 Å². The lowest BCUT2D eigenvalue weighted by molar-refractivity contribution is -0.143. The Kier molecular flexibility index (Phi) is 5.99. The molecule has 1 N–H and O–H groups in total. The second-order valence-electron chi connectivity index (χ2n) is 3.71. The monoisotopic (exact) mass is 338 g/mol. The Morgan fingerprint density at radius 3 is 2.88 bits per heavy atom. The van der Waals surface area contributed by atoms with Crippen LogP contribution in [0.2, 0.25) is 0 Å². The van der Waals surface area contributed by atoms with Crippen molar-refractivity contribution in [3.63, 3.8) is 0 Å². The lowest BCUT2D eigenvalue weighted by Gasteiger charge is -2.25. The molecule has 0 aliphatic heterocycles. The Morgan fingerprint density at radius 1 is 1.71 bits per heavy atom. The van der Waals surface area contributed by atoms with Gasteiger partial charge in [0.15, 0.2) is 0 Å². The second-order valence-corrected chi connectivity index (χ2v) is 7.25. The Labute approximate surface area is 118 Å². The van der Waals surface area contributed by atoms with Crippen LogP contribution in [0.3, 0.4) is 0 Å². The lowest BCUT2D eigenvalue weighted by atomic mass is 10.1. The average Bonchev–Trinajstić information content (AvgIpc) is 2.71. The molecule has 0 aliphatic rings. The number of aliphatic hydroxyl groups excluding tert-OH is 1. The van der Waals surface area contributed by atoms with Crippen molar-refractivity contribution >= 4 is 45.0 Å². The fourth-order valence-electron chi connectivity index (χ4n) is 1.38. The summed E-state index contributed by atoms with van der Waals surface area (Å²) in [4.78, 5) is 11.8. The van der Waals surface area contributed by atoms with Gasteiger partial charge in [0, 0.05) is 11.1 Å². The van der Waals surface area contributed by atoms with E-state index in [-0.39, 0.29) is 12.6 Å². The first-order valence-electron chi connectivity index (χ1n) is 5.15. The molecular weight excluding hydrogens is 324 g/mol. The summed E-state index contributed by atoms with van der Waals surface area (Å²) in [6.45, 7) is 1.93. The summed E-state index contributed by atoms with van der Waals surface area (Å²) >= 11 is 6.51. The summed E-state index contributed by atoms with van der Waals surface area (Å²) in [7, 11) is 1.39. The summed E-state index contributed by atoms with van der Waals surface area (Å²) < 4.78 is 6.24. The van der Waals surface area contributed by atoms with Crippen molar-refractivity contribution in [2.24, 2.45) is 0 Å². The molecule has 0 bridgehead atoms. The van der Waals surface area contributed by atoms with Crippen LogP contribution in [0.15, 0.2) is 20.1 Å². The number of carbonyl (C=O) groups is 1.